The van der Waals surface area contributed by atoms with Crippen LogP contribution in [0.25, 0.3) is 0 Å². The zero-order valence-electron chi connectivity index (χ0n) is 10.8. The zero-order chi connectivity index (χ0) is 13.9. The van der Waals surface area contributed by atoms with Gasteiger partial charge in [0, 0.05) is 26.6 Å². The quantitative estimate of drug-likeness (QED) is 0.641. The highest BCUT2D eigenvalue weighted by molar-refractivity contribution is 5.83. The molecule has 1 heterocycles. The number of ether oxygens (including phenoxy) is 1. The van der Waals surface area contributed by atoms with Crippen LogP contribution in [0.15, 0.2) is 0 Å². The molecule has 0 aromatic rings. The van der Waals surface area contributed by atoms with Crippen molar-refractivity contribution in [1.29, 1.82) is 0 Å². The van der Waals surface area contributed by atoms with Gasteiger partial charge < -0.3 is 25.2 Å². The molecule has 0 aromatic carbocycles. The summed E-state index contributed by atoms with van der Waals surface area (Å²) in [6.07, 6.45) is -0.719. The van der Waals surface area contributed by atoms with E-state index in [1.165, 1.54) is 7.11 Å². The van der Waals surface area contributed by atoms with Gasteiger partial charge in [-0.1, -0.05) is 0 Å². The number of aliphatic hydroxyl groups is 1. The number of β-amino-alcohol motifs (C(OH)–C–C–N with tert-alkyl or cyclic N) is 1. The van der Waals surface area contributed by atoms with Crippen molar-refractivity contribution < 1.29 is 24.5 Å². The average molecular weight is 260 g/mol. The maximum Gasteiger partial charge on any atom is 0.326 e. The number of carbonyl (C=O) groups is 2. The van der Waals surface area contributed by atoms with Gasteiger partial charge in [-0.05, 0) is 13.8 Å². The van der Waals surface area contributed by atoms with Crippen LogP contribution >= 0.6 is 0 Å². The first-order chi connectivity index (χ1) is 8.26. The SMILES string of the molecule is COC(C)(C)CNC(=O)N1CC(O)CC1C(=O)O. The van der Waals surface area contributed by atoms with E-state index < -0.39 is 29.7 Å². The fourth-order valence-electron chi connectivity index (χ4n) is 1.73. The molecular formula is C11H20N2O5. The minimum absolute atomic E-state index is 0.0379. The van der Waals surface area contributed by atoms with Gasteiger partial charge in [0.05, 0.1) is 11.7 Å². The summed E-state index contributed by atoms with van der Waals surface area (Å²) in [5.41, 5.74) is -0.521. The first-order valence-corrected chi connectivity index (χ1v) is 5.77. The molecular weight excluding hydrogens is 240 g/mol. The number of aliphatic hydroxyl groups excluding tert-OH is 1. The van der Waals surface area contributed by atoms with Crippen molar-refractivity contribution in [3.8, 4) is 0 Å². The van der Waals surface area contributed by atoms with Gasteiger partial charge in [-0.15, -0.1) is 0 Å². The number of nitrogens with zero attached hydrogens (tertiary/aromatic N) is 1. The van der Waals surface area contributed by atoms with E-state index in [-0.39, 0.29) is 19.5 Å². The molecule has 3 N–H and O–H groups in total. The summed E-state index contributed by atoms with van der Waals surface area (Å²) >= 11 is 0. The van der Waals surface area contributed by atoms with Gasteiger partial charge >= 0.3 is 12.0 Å². The van der Waals surface area contributed by atoms with Gasteiger partial charge in [0.2, 0.25) is 0 Å². The van der Waals surface area contributed by atoms with Crippen LogP contribution in [0.2, 0.25) is 0 Å². The van der Waals surface area contributed by atoms with Crippen molar-refractivity contribution in [3.05, 3.63) is 0 Å². The molecule has 1 aliphatic rings. The molecule has 0 saturated carbocycles. The second-order valence-corrected chi connectivity index (χ2v) is 5.02. The second kappa shape index (κ2) is 5.53. The molecule has 1 fully saturated rings. The topological polar surface area (TPSA) is 99.1 Å². The minimum atomic E-state index is -1.10. The maximum atomic E-state index is 11.9. The minimum Gasteiger partial charge on any atom is -0.480 e. The number of carboxylic acid groups (broad SMARTS) is 1. The summed E-state index contributed by atoms with van der Waals surface area (Å²) in [5.74, 6) is -1.10. The van der Waals surface area contributed by atoms with E-state index in [4.69, 9.17) is 9.84 Å². The summed E-state index contributed by atoms with van der Waals surface area (Å²) in [5, 5.41) is 21.0. The number of rotatable bonds is 4. The Balaban J connectivity index is 2.58. The van der Waals surface area contributed by atoms with Crippen molar-refractivity contribution in [1.82, 2.24) is 10.2 Å². The summed E-state index contributed by atoms with van der Waals surface area (Å²) < 4.78 is 5.15. The number of hydrogen-bond donors (Lipinski definition) is 3. The van der Waals surface area contributed by atoms with E-state index in [0.717, 1.165) is 4.90 Å². The van der Waals surface area contributed by atoms with Crippen molar-refractivity contribution >= 4 is 12.0 Å². The standard InChI is InChI=1S/C11H20N2O5/c1-11(2,18-3)6-12-10(17)13-5-7(14)4-8(13)9(15)16/h7-8,14H,4-6H2,1-3H3,(H,12,17)(H,15,16). The number of hydrogen-bond acceptors (Lipinski definition) is 4. The van der Waals surface area contributed by atoms with Gasteiger partial charge in [0.25, 0.3) is 0 Å². The van der Waals surface area contributed by atoms with E-state index in [2.05, 4.69) is 5.32 Å². The number of carbonyl (C=O) groups excluding carboxylic acids is 1. The predicted molar refractivity (Wildman–Crippen MR) is 63.2 cm³/mol. The summed E-state index contributed by atoms with van der Waals surface area (Å²) in [7, 11) is 1.53. The Morgan fingerprint density at radius 3 is 2.61 bits per heavy atom. The van der Waals surface area contributed by atoms with Gasteiger partial charge in [0.1, 0.15) is 6.04 Å². The van der Waals surface area contributed by atoms with E-state index in [9.17, 15) is 14.7 Å². The second-order valence-electron chi connectivity index (χ2n) is 5.02. The molecule has 0 spiro atoms. The highest BCUT2D eigenvalue weighted by Gasteiger charge is 2.39. The first-order valence-electron chi connectivity index (χ1n) is 5.77. The number of carboxylic acids is 1. The van der Waals surface area contributed by atoms with Gasteiger partial charge in [-0.3, -0.25) is 0 Å². The van der Waals surface area contributed by atoms with Crippen molar-refractivity contribution in [2.75, 3.05) is 20.2 Å². The molecule has 7 nitrogen and oxygen atoms in total. The number of amides is 2. The summed E-state index contributed by atoms with van der Waals surface area (Å²) in [6, 6.07) is -1.46. The first kappa shape index (κ1) is 14.7. The molecule has 1 aliphatic heterocycles. The molecule has 2 amide bonds. The largest absolute Gasteiger partial charge is 0.480 e. The molecule has 0 aliphatic carbocycles. The zero-order valence-corrected chi connectivity index (χ0v) is 10.8. The molecule has 0 bridgehead atoms. The van der Waals surface area contributed by atoms with E-state index in [0.29, 0.717) is 0 Å². The van der Waals surface area contributed by atoms with E-state index in [1.807, 2.05) is 0 Å². The highest BCUT2D eigenvalue weighted by Crippen LogP contribution is 2.18. The third-order valence-corrected chi connectivity index (χ3v) is 3.04. The number of urea groups is 1. The van der Waals surface area contributed by atoms with Crippen LogP contribution < -0.4 is 5.32 Å². The number of aliphatic carboxylic acids is 1. The molecule has 0 radical (unpaired) electrons. The van der Waals surface area contributed by atoms with Crippen molar-refractivity contribution in [2.45, 2.75) is 38.0 Å². The Bertz CT molecular complexity index is 331. The van der Waals surface area contributed by atoms with Gasteiger partial charge in [0.15, 0.2) is 0 Å². The normalized spacial score (nSPS) is 24.1. The Morgan fingerprint density at radius 2 is 2.11 bits per heavy atom. The van der Waals surface area contributed by atoms with Crippen LogP contribution in [-0.2, 0) is 9.53 Å². The van der Waals surface area contributed by atoms with Gasteiger partial charge in [-0.2, -0.15) is 0 Å². The highest BCUT2D eigenvalue weighted by atomic mass is 16.5. The van der Waals surface area contributed by atoms with Crippen molar-refractivity contribution in [2.24, 2.45) is 0 Å². The lowest BCUT2D eigenvalue weighted by atomic mass is 10.1. The Kier molecular flexibility index (Phi) is 4.53. The molecule has 104 valence electrons. The van der Waals surface area contributed by atoms with E-state index in [1.54, 1.807) is 13.8 Å². The Hall–Kier alpha value is -1.34. The predicted octanol–water partition coefficient (Wildman–Crippen LogP) is -0.359. The third-order valence-electron chi connectivity index (χ3n) is 3.04. The molecule has 1 rings (SSSR count). The lowest BCUT2D eigenvalue weighted by molar-refractivity contribution is -0.141. The van der Waals surface area contributed by atoms with Gasteiger partial charge in [-0.25, -0.2) is 9.59 Å². The van der Waals surface area contributed by atoms with E-state index >= 15 is 0 Å². The summed E-state index contributed by atoms with van der Waals surface area (Å²) in [6.45, 7) is 3.92. The molecule has 18 heavy (non-hydrogen) atoms. The van der Waals surface area contributed by atoms with Crippen LogP contribution in [0, 0.1) is 0 Å². The molecule has 2 atom stereocenters. The van der Waals surface area contributed by atoms with Crippen molar-refractivity contribution in [3.63, 3.8) is 0 Å². The summed E-state index contributed by atoms with van der Waals surface area (Å²) in [4.78, 5) is 24.0. The Morgan fingerprint density at radius 1 is 1.50 bits per heavy atom. The van der Waals surface area contributed by atoms with Crippen LogP contribution in [0.5, 0.6) is 0 Å². The molecule has 1 saturated heterocycles. The molecule has 0 aromatic heterocycles. The van der Waals surface area contributed by atoms with Crippen LogP contribution in [0.4, 0.5) is 4.79 Å². The fourth-order valence-corrected chi connectivity index (χ4v) is 1.73. The fraction of sp³-hybridized carbons (Fsp3) is 0.818. The monoisotopic (exact) mass is 260 g/mol. The third kappa shape index (κ3) is 3.58. The van der Waals surface area contributed by atoms with Crippen LogP contribution in [0.1, 0.15) is 20.3 Å². The smallest absolute Gasteiger partial charge is 0.326 e. The van der Waals surface area contributed by atoms with Crippen LogP contribution in [-0.4, -0.2) is 65.1 Å². The molecule has 2 unspecified atom stereocenters. The number of methoxy groups -OCH3 is 1. The number of nitrogens with one attached hydrogen (secondary N) is 1. The lowest BCUT2D eigenvalue weighted by Crippen LogP contribution is -2.49. The average Bonchev–Trinajstić information content (AvgIpc) is 2.68. The maximum absolute atomic E-state index is 11.9. The number of likely N-dealkylation sites (tertiary alicyclic amines) is 1. The molecule has 7 heteroatoms. The van der Waals surface area contributed by atoms with Crippen LogP contribution in [0.3, 0.4) is 0 Å². The lowest BCUT2D eigenvalue weighted by Gasteiger charge is -2.26. The Labute approximate surface area is 106 Å².